The summed E-state index contributed by atoms with van der Waals surface area (Å²) in [4.78, 5) is 0. The Balaban J connectivity index is 1.77. The van der Waals surface area contributed by atoms with E-state index in [1.807, 2.05) is 0 Å². The lowest BCUT2D eigenvalue weighted by molar-refractivity contribution is -0.643. The lowest BCUT2D eigenvalue weighted by Gasteiger charge is -2.20. The molecule has 7 rings (SSSR count). The van der Waals surface area contributed by atoms with Crippen molar-refractivity contribution in [1.29, 1.82) is 0 Å². The molecular weight excluding hydrogens is 440 g/mol. The van der Waals surface area contributed by atoms with Crippen LogP contribution in [0.5, 0.6) is 0 Å². The predicted molar refractivity (Wildman–Crippen MR) is 153 cm³/mol. The summed E-state index contributed by atoms with van der Waals surface area (Å²) in [5, 5.41) is 8.24. The number of aromatic nitrogens is 2. The summed E-state index contributed by atoms with van der Waals surface area (Å²) >= 11 is 0. The second-order valence-corrected chi connectivity index (χ2v) is 16.1. The van der Waals surface area contributed by atoms with E-state index in [1.165, 1.54) is 70.9 Å². The molecule has 0 aliphatic rings. The fraction of sp³-hybridized carbons (Fsp3) is 0.156. The Labute approximate surface area is 206 Å². The summed E-state index contributed by atoms with van der Waals surface area (Å²) < 4.78 is 4.87. The number of aryl methyl sites for hydroxylation is 2. The van der Waals surface area contributed by atoms with Gasteiger partial charge in [0.1, 0.15) is 7.05 Å². The average Bonchev–Trinajstić information content (AvgIpc) is 3.18. The Morgan fingerprint density at radius 3 is 2.29 bits per heavy atom. The summed E-state index contributed by atoms with van der Waals surface area (Å²) in [7, 11) is 0.679. The molecule has 35 heavy (non-hydrogen) atoms. The van der Waals surface area contributed by atoms with E-state index in [4.69, 9.17) is 0 Å². The van der Waals surface area contributed by atoms with Gasteiger partial charge in [0.15, 0.2) is 6.20 Å². The molecule has 0 atom stereocenters. The van der Waals surface area contributed by atoms with Crippen LogP contribution < -0.4 is 9.75 Å². The van der Waals surface area contributed by atoms with Crippen LogP contribution >= 0.6 is 0 Å². The summed E-state index contributed by atoms with van der Waals surface area (Å²) in [6.07, 6.45) is 2.24. The molecule has 0 saturated carbocycles. The minimum absolute atomic E-state index is 1.26. The van der Waals surface area contributed by atoms with Gasteiger partial charge >= 0.3 is 0 Å². The Bertz CT molecular complexity index is 1940. The Morgan fingerprint density at radius 2 is 1.51 bits per heavy atom. The van der Waals surface area contributed by atoms with E-state index >= 15 is 0 Å². The van der Waals surface area contributed by atoms with Crippen LogP contribution in [0.15, 0.2) is 85.1 Å². The second kappa shape index (κ2) is 6.93. The highest BCUT2D eigenvalue weighted by molar-refractivity contribution is 6.89. The van der Waals surface area contributed by atoms with Crippen molar-refractivity contribution in [2.24, 2.45) is 7.05 Å². The van der Waals surface area contributed by atoms with E-state index < -0.39 is 8.07 Å². The second-order valence-electron chi connectivity index (χ2n) is 11.1. The molecule has 0 radical (unpaired) electrons. The van der Waals surface area contributed by atoms with Crippen LogP contribution in [0.2, 0.25) is 19.6 Å². The topological polar surface area (TPSA) is 8.29 Å². The first-order valence-electron chi connectivity index (χ1n) is 12.4. The van der Waals surface area contributed by atoms with Crippen molar-refractivity contribution in [3.63, 3.8) is 0 Å². The Kier molecular flexibility index (Phi) is 4.09. The fourth-order valence-electron chi connectivity index (χ4n) is 5.96. The molecule has 0 spiro atoms. The quantitative estimate of drug-likeness (QED) is 0.108. The highest BCUT2D eigenvalue weighted by Gasteiger charge is 2.26. The zero-order valence-corrected chi connectivity index (χ0v) is 22.0. The monoisotopic (exact) mass is 469 g/mol. The van der Waals surface area contributed by atoms with Crippen molar-refractivity contribution in [3.8, 4) is 11.1 Å². The standard InChI is InChI=1S/C32H29N2Si/c1-20-11-13-25-26-18-22(21-9-7-6-8-10-21)12-14-27(26)34-28-19-24(35(3,4)5)17-23-15-16-33(2)32(30(23)28)29(20)31(25)34/h6-19H,1-5H3/q+1. The van der Waals surface area contributed by atoms with Gasteiger partial charge in [0.2, 0.25) is 5.52 Å². The molecule has 0 unspecified atom stereocenters. The minimum atomic E-state index is -1.51. The molecular formula is C32H29N2Si+. The third-order valence-electron chi connectivity index (χ3n) is 7.80. The maximum Gasteiger partial charge on any atom is 0.224 e. The van der Waals surface area contributed by atoms with E-state index in [2.05, 4.69) is 128 Å². The average molecular weight is 470 g/mol. The van der Waals surface area contributed by atoms with Gasteiger partial charge in [-0.15, -0.1) is 0 Å². The van der Waals surface area contributed by atoms with Crippen molar-refractivity contribution in [1.82, 2.24) is 4.40 Å². The number of nitrogens with zero attached hydrogens (tertiary/aromatic N) is 2. The number of rotatable bonds is 2. The van der Waals surface area contributed by atoms with Gasteiger partial charge < -0.3 is 4.40 Å². The molecule has 7 aromatic rings. The van der Waals surface area contributed by atoms with Crippen LogP contribution in [0.1, 0.15) is 5.56 Å². The molecule has 4 aromatic carbocycles. The molecule has 3 heteroatoms. The number of hydrogen-bond acceptors (Lipinski definition) is 0. The van der Waals surface area contributed by atoms with Gasteiger partial charge in [-0.1, -0.05) is 79.4 Å². The minimum Gasteiger partial charge on any atom is -0.307 e. The molecule has 0 aliphatic heterocycles. The van der Waals surface area contributed by atoms with Gasteiger partial charge in [-0.25, -0.2) is 4.57 Å². The number of benzene rings is 4. The number of pyridine rings is 2. The van der Waals surface area contributed by atoms with Crippen LogP contribution in [-0.2, 0) is 7.05 Å². The van der Waals surface area contributed by atoms with Gasteiger partial charge in [0, 0.05) is 16.8 Å². The largest absolute Gasteiger partial charge is 0.307 e. The van der Waals surface area contributed by atoms with Crippen molar-refractivity contribution in [3.05, 3.63) is 90.6 Å². The molecule has 3 heterocycles. The predicted octanol–water partition coefficient (Wildman–Crippen LogP) is 7.34. The van der Waals surface area contributed by atoms with Crippen LogP contribution in [0.3, 0.4) is 0 Å². The Morgan fingerprint density at radius 1 is 0.714 bits per heavy atom. The molecule has 170 valence electrons. The molecule has 0 N–H and O–H groups in total. The van der Waals surface area contributed by atoms with E-state index in [0.717, 1.165) is 0 Å². The van der Waals surface area contributed by atoms with Crippen molar-refractivity contribution >= 4 is 62.3 Å². The first-order chi connectivity index (χ1) is 16.8. The smallest absolute Gasteiger partial charge is 0.224 e. The van der Waals surface area contributed by atoms with Crippen molar-refractivity contribution in [2.75, 3.05) is 0 Å². The molecule has 2 nitrogen and oxygen atoms in total. The van der Waals surface area contributed by atoms with Crippen LogP contribution in [0, 0.1) is 6.92 Å². The molecule has 3 aromatic heterocycles. The molecule has 0 fully saturated rings. The molecule has 0 aliphatic carbocycles. The Hall–Kier alpha value is -3.69. The third kappa shape index (κ3) is 2.79. The zero-order valence-electron chi connectivity index (χ0n) is 21.0. The highest BCUT2D eigenvalue weighted by atomic mass is 28.3. The van der Waals surface area contributed by atoms with E-state index in [0.29, 0.717) is 0 Å². The van der Waals surface area contributed by atoms with E-state index in [1.54, 1.807) is 0 Å². The molecule has 0 saturated heterocycles. The zero-order chi connectivity index (χ0) is 24.1. The lowest BCUT2D eigenvalue weighted by Crippen LogP contribution is -2.38. The maximum absolute atomic E-state index is 2.56. The number of hydrogen-bond donors (Lipinski definition) is 0. The maximum atomic E-state index is 2.56. The summed E-state index contributed by atoms with van der Waals surface area (Å²) in [6.45, 7) is 9.59. The number of fused-ring (bicyclic) bond motifs is 5. The normalized spacial score (nSPS) is 12.7. The van der Waals surface area contributed by atoms with Crippen molar-refractivity contribution < 1.29 is 4.57 Å². The van der Waals surface area contributed by atoms with Crippen LogP contribution in [0.25, 0.3) is 60.1 Å². The summed E-state index contributed by atoms with van der Waals surface area (Å²) in [5.41, 5.74) is 9.15. The van der Waals surface area contributed by atoms with Gasteiger partial charge in [0.05, 0.1) is 35.4 Å². The highest BCUT2D eigenvalue weighted by Crippen LogP contribution is 2.41. The molecule has 0 amide bonds. The van der Waals surface area contributed by atoms with Gasteiger partial charge in [-0.2, -0.15) is 0 Å². The van der Waals surface area contributed by atoms with E-state index in [-0.39, 0.29) is 0 Å². The summed E-state index contributed by atoms with van der Waals surface area (Å²) in [6, 6.07) is 29.6. The SMILES string of the molecule is Cc1ccc2c3cc(-c4ccccc4)ccc3n3c4cc([Si](C)(C)C)cc5cc[n+](C)c(c1c23)c54. The lowest BCUT2D eigenvalue weighted by atomic mass is 9.99. The fourth-order valence-corrected chi connectivity index (χ4v) is 7.12. The first kappa shape index (κ1) is 20.7. The first-order valence-corrected chi connectivity index (χ1v) is 15.9. The van der Waals surface area contributed by atoms with Gasteiger partial charge in [-0.3, -0.25) is 0 Å². The summed E-state index contributed by atoms with van der Waals surface area (Å²) in [5.74, 6) is 0. The van der Waals surface area contributed by atoms with Crippen molar-refractivity contribution in [2.45, 2.75) is 26.6 Å². The van der Waals surface area contributed by atoms with E-state index in [9.17, 15) is 0 Å². The van der Waals surface area contributed by atoms with Crippen LogP contribution in [0.4, 0.5) is 0 Å². The van der Waals surface area contributed by atoms with Gasteiger partial charge in [0.25, 0.3) is 0 Å². The third-order valence-corrected chi connectivity index (χ3v) is 9.82. The van der Waals surface area contributed by atoms with Gasteiger partial charge in [-0.05, 0) is 47.2 Å². The molecule has 0 bridgehead atoms. The van der Waals surface area contributed by atoms with Crippen LogP contribution in [-0.4, -0.2) is 12.5 Å².